The average Bonchev–Trinajstić information content (AvgIpc) is 2.58. The summed E-state index contributed by atoms with van der Waals surface area (Å²) in [6, 6.07) is 8.93. The van der Waals surface area contributed by atoms with Crippen LogP contribution in [0.3, 0.4) is 0 Å². The van der Waals surface area contributed by atoms with Gasteiger partial charge in [-0.3, -0.25) is 4.79 Å². The number of benzene rings is 1. The first-order valence-corrected chi connectivity index (χ1v) is 6.35. The molecule has 2 aromatic rings. The summed E-state index contributed by atoms with van der Waals surface area (Å²) >= 11 is 4.86. The highest BCUT2D eigenvalue weighted by Crippen LogP contribution is 2.29. The lowest BCUT2D eigenvalue weighted by Crippen LogP contribution is -1.99. The molecule has 2 N–H and O–H groups in total. The van der Waals surface area contributed by atoms with Crippen LogP contribution in [0.5, 0.6) is 0 Å². The summed E-state index contributed by atoms with van der Waals surface area (Å²) in [5.41, 5.74) is 7.97. The number of hydrogen-bond acceptors (Lipinski definition) is 3. The highest BCUT2D eigenvalue weighted by molar-refractivity contribution is 9.11. The summed E-state index contributed by atoms with van der Waals surface area (Å²) in [6.45, 7) is 1.97. The number of thiophene rings is 1. The Bertz CT molecular complexity index is 528. The third-order valence-electron chi connectivity index (χ3n) is 2.23. The Kier molecular flexibility index (Phi) is 3.12. The summed E-state index contributed by atoms with van der Waals surface area (Å²) in [5, 5.41) is 0. The van der Waals surface area contributed by atoms with Crippen LogP contribution in [-0.4, -0.2) is 5.78 Å². The first-order valence-electron chi connectivity index (χ1n) is 4.74. The molecule has 0 aliphatic rings. The van der Waals surface area contributed by atoms with Crippen LogP contribution in [-0.2, 0) is 0 Å². The molecule has 0 unspecified atom stereocenters. The van der Waals surface area contributed by atoms with Crippen LogP contribution in [0.4, 0.5) is 5.69 Å². The van der Waals surface area contributed by atoms with Crippen molar-refractivity contribution in [2.45, 2.75) is 6.92 Å². The lowest BCUT2D eigenvalue weighted by molar-refractivity contribution is 0.104. The van der Waals surface area contributed by atoms with Crippen molar-refractivity contribution in [2.75, 3.05) is 5.73 Å². The molecule has 0 radical (unpaired) electrons. The van der Waals surface area contributed by atoms with E-state index in [9.17, 15) is 4.79 Å². The SMILES string of the molecule is Cc1cc(C(=O)c2cccc(N)c2)sc1Br. The van der Waals surface area contributed by atoms with Crippen LogP contribution >= 0.6 is 27.3 Å². The number of halogens is 1. The number of carbonyl (C=O) groups is 1. The zero-order chi connectivity index (χ0) is 11.7. The number of aryl methyl sites for hydroxylation is 1. The predicted molar refractivity (Wildman–Crippen MR) is 71.0 cm³/mol. The normalized spacial score (nSPS) is 10.4. The molecule has 0 spiro atoms. The van der Waals surface area contributed by atoms with E-state index in [0.717, 1.165) is 14.2 Å². The van der Waals surface area contributed by atoms with Gasteiger partial charge in [0.1, 0.15) is 0 Å². The first-order chi connectivity index (χ1) is 7.58. The van der Waals surface area contributed by atoms with Gasteiger partial charge in [-0.05, 0) is 46.6 Å². The lowest BCUT2D eigenvalue weighted by Gasteiger charge is -1.98. The Labute approximate surface area is 106 Å². The van der Waals surface area contributed by atoms with Crippen LogP contribution in [0.15, 0.2) is 34.1 Å². The molecule has 1 heterocycles. The summed E-state index contributed by atoms with van der Waals surface area (Å²) in [5.74, 6) is 0.0195. The Morgan fingerprint density at radius 3 is 2.69 bits per heavy atom. The van der Waals surface area contributed by atoms with E-state index in [2.05, 4.69) is 15.9 Å². The summed E-state index contributed by atoms with van der Waals surface area (Å²) in [7, 11) is 0. The standard InChI is InChI=1S/C12H10BrNOS/c1-7-5-10(16-12(7)13)11(15)8-3-2-4-9(14)6-8/h2-6H,14H2,1H3. The summed E-state index contributed by atoms with van der Waals surface area (Å²) < 4.78 is 1.000. The van der Waals surface area contributed by atoms with E-state index in [1.54, 1.807) is 24.3 Å². The van der Waals surface area contributed by atoms with Crippen molar-refractivity contribution in [3.63, 3.8) is 0 Å². The molecule has 1 aromatic carbocycles. The third kappa shape index (κ3) is 2.18. The number of ketones is 1. The quantitative estimate of drug-likeness (QED) is 0.679. The van der Waals surface area contributed by atoms with Gasteiger partial charge in [0, 0.05) is 11.3 Å². The van der Waals surface area contributed by atoms with Crippen molar-refractivity contribution in [1.82, 2.24) is 0 Å². The first kappa shape index (κ1) is 11.4. The van der Waals surface area contributed by atoms with Crippen molar-refractivity contribution in [3.8, 4) is 0 Å². The van der Waals surface area contributed by atoms with Gasteiger partial charge in [-0.2, -0.15) is 0 Å². The molecule has 0 aliphatic heterocycles. The molecule has 4 heteroatoms. The molecule has 0 atom stereocenters. The minimum atomic E-state index is 0.0195. The molecule has 0 saturated heterocycles. The van der Waals surface area contributed by atoms with Crippen molar-refractivity contribution < 1.29 is 4.79 Å². The van der Waals surface area contributed by atoms with Gasteiger partial charge >= 0.3 is 0 Å². The predicted octanol–water partition coefficient (Wildman–Crippen LogP) is 3.63. The van der Waals surface area contributed by atoms with Crippen molar-refractivity contribution in [2.24, 2.45) is 0 Å². The van der Waals surface area contributed by atoms with E-state index < -0.39 is 0 Å². The number of carbonyl (C=O) groups excluding carboxylic acids is 1. The highest BCUT2D eigenvalue weighted by Gasteiger charge is 2.13. The highest BCUT2D eigenvalue weighted by atomic mass is 79.9. The minimum absolute atomic E-state index is 0.0195. The molecule has 0 bridgehead atoms. The van der Waals surface area contributed by atoms with Gasteiger partial charge in [0.2, 0.25) is 5.78 Å². The fraction of sp³-hybridized carbons (Fsp3) is 0.0833. The van der Waals surface area contributed by atoms with E-state index in [-0.39, 0.29) is 5.78 Å². The Balaban J connectivity index is 2.39. The van der Waals surface area contributed by atoms with Crippen molar-refractivity contribution in [3.05, 3.63) is 50.1 Å². The van der Waals surface area contributed by atoms with Crippen molar-refractivity contribution in [1.29, 1.82) is 0 Å². The molecule has 16 heavy (non-hydrogen) atoms. The Hall–Kier alpha value is -1.13. The van der Waals surface area contributed by atoms with Crippen LogP contribution in [0.2, 0.25) is 0 Å². The van der Waals surface area contributed by atoms with Gasteiger partial charge < -0.3 is 5.73 Å². The number of nitrogen functional groups attached to an aromatic ring is 1. The molecule has 0 amide bonds. The number of rotatable bonds is 2. The molecule has 0 saturated carbocycles. The zero-order valence-corrected chi connectivity index (χ0v) is 11.1. The molecular weight excluding hydrogens is 286 g/mol. The minimum Gasteiger partial charge on any atom is -0.399 e. The third-order valence-corrected chi connectivity index (χ3v) is 4.37. The number of anilines is 1. The lowest BCUT2D eigenvalue weighted by atomic mass is 10.1. The van der Waals surface area contributed by atoms with E-state index in [4.69, 9.17) is 5.73 Å². The van der Waals surface area contributed by atoms with E-state index in [0.29, 0.717) is 11.3 Å². The number of hydrogen-bond donors (Lipinski definition) is 1. The van der Waals surface area contributed by atoms with Gasteiger partial charge in [0.25, 0.3) is 0 Å². The molecule has 0 aliphatic carbocycles. The summed E-state index contributed by atoms with van der Waals surface area (Å²) in [4.78, 5) is 12.8. The second-order valence-electron chi connectivity index (χ2n) is 3.52. The largest absolute Gasteiger partial charge is 0.399 e. The monoisotopic (exact) mass is 295 g/mol. The van der Waals surface area contributed by atoms with Crippen molar-refractivity contribution >= 4 is 38.7 Å². The van der Waals surface area contributed by atoms with E-state index >= 15 is 0 Å². The van der Waals surface area contributed by atoms with Gasteiger partial charge in [0.05, 0.1) is 8.66 Å². The van der Waals surface area contributed by atoms with Gasteiger partial charge in [-0.15, -0.1) is 11.3 Å². The topological polar surface area (TPSA) is 43.1 Å². The van der Waals surface area contributed by atoms with Gasteiger partial charge in [0.15, 0.2) is 0 Å². The van der Waals surface area contributed by atoms with E-state index in [1.807, 2.05) is 13.0 Å². The molecular formula is C12H10BrNOS. The average molecular weight is 296 g/mol. The van der Waals surface area contributed by atoms with Crippen LogP contribution in [0.25, 0.3) is 0 Å². The maximum Gasteiger partial charge on any atom is 0.203 e. The molecule has 2 nitrogen and oxygen atoms in total. The fourth-order valence-electron chi connectivity index (χ4n) is 1.39. The van der Waals surface area contributed by atoms with Gasteiger partial charge in [-0.25, -0.2) is 0 Å². The second-order valence-corrected chi connectivity index (χ2v) is 5.89. The van der Waals surface area contributed by atoms with Crippen LogP contribution in [0, 0.1) is 6.92 Å². The molecule has 0 fully saturated rings. The number of nitrogens with two attached hydrogens (primary N) is 1. The maximum atomic E-state index is 12.1. The molecule has 82 valence electrons. The maximum absolute atomic E-state index is 12.1. The molecule has 1 aromatic heterocycles. The zero-order valence-electron chi connectivity index (χ0n) is 8.66. The second kappa shape index (κ2) is 4.39. The fourth-order valence-corrected chi connectivity index (χ4v) is 2.89. The van der Waals surface area contributed by atoms with Crippen LogP contribution in [0.1, 0.15) is 20.8 Å². The Morgan fingerprint density at radius 2 is 2.12 bits per heavy atom. The summed E-state index contributed by atoms with van der Waals surface area (Å²) in [6.07, 6.45) is 0. The Morgan fingerprint density at radius 1 is 1.38 bits per heavy atom. The smallest absolute Gasteiger partial charge is 0.203 e. The van der Waals surface area contributed by atoms with Crippen LogP contribution < -0.4 is 5.73 Å². The molecule has 2 rings (SSSR count). The van der Waals surface area contributed by atoms with Gasteiger partial charge in [-0.1, -0.05) is 12.1 Å². The van der Waals surface area contributed by atoms with E-state index in [1.165, 1.54) is 11.3 Å².